The molecule has 32 heavy (non-hydrogen) atoms. The minimum atomic E-state index is -0.420. The first kappa shape index (κ1) is 20.8. The second-order valence-corrected chi connectivity index (χ2v) is 6.93. The molecule has 0 radical (unpaired) electrons. The SMILES string of the molecule is COC(=O)c1ccc(COc2nc(-c3ccc(O)c(O)c3)cc(-c3ccco3)c2N)cc1. The molecule has 4 aromatic rings. The van der Waals surface area contributed by atoms with Gasteiger partial charge in [0.1, 0.15) is 18.1 Å². The molecule has 4 N–H and O–H groups in total. The molecule has 0 saturated heterocycles. The lowest BCUT2D eigenvalue weighted by atomic mass is 10.1. The Bertz CT molecular complexity index is 1250. The van der Waals surface area contributed by atoms with Crippen molar-refractivity contribution in [1.82, 2.24) is 4.98 Å². The van der Waals surface area contributed by atoms with Crippen LogP contribution in [0.3, 0.4) is 0 Å². The standard InChI is InChI=1S/C24H20N2O6/c1-30-24(29)15-6-4-14(5-7-15)13-32-23-22(25)17(21-3-2-10-31-21)12-18(26-23)16-8-9-19(27)20(28)11-16/h2-12,27-28H,13,25H2,1H3. The van der Waals surface area contributed by atoms with Gasteiger partial charge in [-0.15, -0.1) is 0 Å². The van der Waals surface area contributed by atoms with Gasteiger partial charge in [-0.3, -0.25) is 0 Å². The van der Waals surface area contributed by atoms with E-state index in [1.54, 1.807) is 48.5 Å². The van der Waals surface area contributed by atoms with E-state index < -0.39 is 5.97 Å². The third kappa shape index (κ3) is 4.20. The molecule has 0 aliphatic heterocycles. The lowest BCUT2D eigenvalue weighted by Crippen LogP contribution is -2.05. The number of pyridine rings is 1. The maximum atomic E-state index is 11.6. The predicted octanol–water partition coefficient (Wildman–Crippen LogP) is 4.37. The smallest absolute Gasteiger partial charge is 0.337 e. The van der Waals surface area contributed by atoms with Crippen LogP contribution in [0.1, 0.15) is 15.9 Å². The molecule has 0 atom stereocenters. The maximum absolute atomic E-state index is 11.6. The van der Waals surface area contributed by atoms with Crippen LogP contribution in [-0.4, -0.2) is 28.3 Å². The Morgan fingerprint density at radius 1 is 1.06 bits per heavy atom. The Balaban J connectivity index is 1.68. The number of phenolic OH excluding ortho intramolecular Hbond substituents is 2. The number of benzene rings is 2. The van der Waals surface area contributed by atoms with Gasteiger partial charge in [0.15, 0.2) is 11.5 Å². The van der Waals surface area contributed by atoms with Crippen molar-refractivity contribution in [2.75, 3.05) is 12.8 Å². The number of phenols is 2. The predicted molar refractivity (Wildman–Crippen MR) is 117 cm³/mol. The number of rotatable bonds is 6. The van der Waals surface area contributed by atoms with Gasteiger partial charge in [-0.05, 0) is 54.1 Å². The van der Waals surface area contributed by atoms with Crippen LogP contribution in [0, 0.1) is 0 Å². The van der Waals surface area contributed by atoms with Crippen molar-refractivity contribution in [1.29, 1.82) is 0 Å². The van der Waals surface area contributed by atoms with Gasteiger partial charge in [0.05, 0.1) is 24.6 Å². The number of furan rings is 1. The van der Waals surface area contributed by atoms with Gasteiger partial charge in [-0.25, -0.2) is 9.78 Å². The number of anilines is 1. The summed E-state index contributed by atoms with van der Waals surface area (Å²) in [7, 11) is 1.32. The maximum Gasteiger partial charge on any atom is 0.337 e. The van der Waals surface area contributed by atoms with Crippen LogP contribution in [0.5, 0.6) is 17.4 Å². The fourth-order valence-electron chi connectivity index (χ4n) is 3.11. The molecule has 8 heteroatoms. The second-order valence-electron chi connectivity index (χ2n) is 6.93. The zero-order valence-electron chi connectivity index (χ0n) is 17.1. The summed E-state index contributed by atoms with van der Waals surface area (Å²) in [4.78, 5) is 16.1. The van der Waals surface area contributed by atoms with Crippen LogP contribution in [-0.2, 0) is 11.3 Å². The van der Waals surface area contributed by atoms with Crippen LogP contribution in [0.2, 0.25) is 0 Å². The Kier molecular flexibility index (Phi) is 5.67. The summed E-state index contributed by atoms with van der Waals surface area (Å²) in [5.41, 5.74) is 9.44. The first-order valence-electron chi connectivity index (χ1n) is 9.63. The van der Waals surface area contributed by atoms with Crippen molar-refractivity contribution in [3.8, 4) is 40.0 Å². The van der Waals surface area contributed by atoms with Crippen LogP contribution in [0.4, 0.5) is 5.69 Å². The molecule has 0 bridgehead atoms. The molecule has 0 fully saturated rings. The van der Waals surface area contributed by atoms with Crippen molar-refractivity contribution >= 4 is 11.7 Å². The average Bonchev–Trinajstić information content (AvgIpc) is 3.35. The number of aromatic hydroxyl groups is 2. The largest absolute Gasteiger partial charge is 0.504 e. The zero-order valence-corrected chi connectivity index (χ0v) is 17.1. The molecule has 2 aromatic heterocycles. The van der Waals surface area contributed by atoms with E-state index in [-0.39, 0.29) is 29.7 Å². The van der Waals surface area contributed by atoms with E-state index in [2.05, 4.69) is 4.98 Å². The summed E-state index contributed by atoms with van der Waals surface area (Å²) in [6.07, 6.45) is 1.53. The van der Waals surface area contributed by atoms with Gasteiger partial charge in [0.2, 0.25) is 5.88 Å². The molecule has 0 spiro atoms. The molecule has 0 aliphatic carbocycles. The normalized spacial score (nSPS) is 10.7. The highest BCUT2D eigenvalue weighted by Crippen LogP contribution is 2.38. The van der Waals surface area contributed by atoms with Gasteiger partial charge >= 0.3 is 5.97 Å². The molecule has 0 unspecified atom stereocenters. The number of hydrogen-bond acceptors (Lipinski definition) is 8. The number of nitrogen functional groups attached to an aromatic ring is 1. The van der Waals surface area contributed by atoms with Crippen molar-refractivity contribution in [3.63, 3.8) is 0 Å². The number of hydrogen-bond donors (Lipinski definition) is 3. The highest BCUT2D eigenvalue weighted by atomic mass is 16.5. The number of aromatic nitrogens is 1. The lowest BCUT2D eigenvalue weighted by molar-refractivity contribution is 0.0600. The lowest BCUT2D eigenvalue weighted by Gasteiger charge is -2.14. The van der Waals surface area contributed by atoms with Crippen molar-refractivity contribution in [2.45, 2.75) is 6.61 Å². The molecule has 8 nitrogen and oxygen atoms in total. The van der Waals surface area contributed by atoms with E-state index in [1.807, 2.05) is 0 Å². The van der Waals surface area contributed by atoms with Crippen LogP contribution in [0.25, 0.3) is 22.6 Å². The number of nitrogens with two attached hydrogens (primary N) is 1. The second kappa shape index (κ2) is 8.73. The molecule has 0 aliphatic rings. The molecule has 162 valence electrons. The molecule has 4 rings (SSSR count). The third-order valence-corrected chi connectivity index (χ3v) is 4.83. The third-order valence-electron chi connectivity index (χ3n) is 4.83. The van der Waals surface area contributed by atoms with E-state index in [0.29, 0.717) is 28.1 Å². The van der Waals surface area contributed by atoms with E-state index >= 15 is 0 Å². The van der Waals surface area contributed by atoms with E-state index in [9.17, 15) is 15.0 Å². The summed E-state index contributed by atoms with van der Waals surface area (Å²) >= 11 is 0. The number of esters is 1. The summed E-state index contributed by atoms with van der Waals surface area (Å²) in [6.45, 7) is 0.153. The van der Waals surface area contributed by atoms with E-state index in [4.69, 9.17) is 19.6 Å². The molecular weight excluding hydrogens is 412 g/mol. The fourth-order valence-corrected chi connectivity index (χ4v) is 3.11. The number of carbonyl (C=O) groups excluding carboxylic acids is 1. The highest BCUT2D eigenvalue weighted by molar-refractivity contribution is 5.89. The molecule has 0 saturated carbocycles. The fraction of sp³-hybridized carbons (Fsp3) is 0.0833. The topological polar surface area (TPSA) is 128 Å². The summed E-state index contributed by atoms with van der Waals surface area (Å²) in [5.74, 6) is -0.215. The molecule has 2 heterocycles. The first-order chi connectivity index (χ1) is 15.5. The van der Waals surface area contributed by atoms with Gasteiger partial charge in [0, 0.05) is 11.1 Å². The number of nitrogens with zero attached hydrogens (tertiary/aromatic N) is 1. The molecule has 0 amide bonds. The van der Waals surface area contributed by atoms with Crippen LogP contribution >= 0.6 is 0 Å². The molecular formula is C24H20N2O6. The Morgan fingerprint density at radius 2 is 1.84 bits per heavy atom. The van der Waals surface area contributed by atoms with E-state index in [1.165, 1.54) is 25.5 Å². The summed E-state index contributed by atoms with van der Waals surface area (Å²) in [6, 6.07) is 16.4. The Labute approximate surface area is 183 Å². The first-order valence-corrected chi connectivity index (χ1v) is 9.63. The minimum Gasteiger partial charge on any atom is -0.504 e. The monoisotopic (exact) mass is 432 g/mol. The minimum absolute atomic E-state index is 0.153. The Hall–Kier alpha value is -4.46. The summed E-state index contributed by atoms with van der Waals surface area (Å²) < 4.78 is 16.1. The van der Waals surface area contributed by atoms with Crippen LogP contribution < -0.4 is 10.5 Å². The average molecular weight is 432 g/mol. The van der Waals surface area contributed by atoms with Gasteiger partial charge in [-0.2, -0.15) is 0 Å². The molecule has 2 aromatic carbocycles. The number of carbonyl (C=O) groups is 1. The van der Waals surface area contributed by atoms with E-state index in [0.717, 1.165) is 5.56 Å². The zero-order chi connectivity index (χ0) is 22.7. The Morgan fingerprint density at radius 3 is 2.50 bits per heavy atom. The van der Waals surface area contributed by atoms with Crippen LogP contribution in [0.15, 0.2) is 71.3 Å². The van der Waals surface area contributed by atoms with Gasteiger partial charge < -0.3 is 29.8 Å². The van der Waals surface area contributed by atoms with Gasteiger partial charge in [-0.1, -0.05) is 12.1 Å². The van der Waals surface area contributed by atoms with Crippen molar-refractivity contribution < 1.29 is 28.9 Å². The highest BCUT2D eigenvalue weighted by Gasteiger charge is 2.17. The van der Waals surface area contributed by atoms with Crippen molar-refractivity contribution in [3.05, 3.63) is 78.1 Å². The number of methoxy groups -OCH3 is 1. The summed E-state index contributed by atoms with van der Waals surface area (Å²) in [5, 5.41) is 19.5. The van der Waals surface area contributed by atoms with Gasteiger partial charge in [0.25, 0.3) is 0 Å². The number of ether oxygens (including phenoxy) is 2. The quantitative estimate of drug-likeness (QED) is 0.303. The van der Waals surface area contributed by atoms with Crippen molar-refractivity contribution in [2.24, 2.45) is 0 Å².